The highest BCUT2D eigenvalue weighted by Crippen LogP contribution is 2.43. The number of nitrogens with zero attached hydrogens (tertiary/aromatic N) is 1. The lowest BCUT2D eigenvalue weighted by Gasteiger charge is -2.33. The summed E-state index contributed by atoms with van der Waals surface area (Å²) in [6.07, 6.45) is 3.51. The summed E-state index contributed by atoms with van der Waals surface area (Å²) in [6.45, 7) is 0. The number of halogens is 2. The molecule has 0 aromatic heterocycles. The van der Waals surface area contributed by atoms with E-state index in [0.29, 0.717) is 28.6 Å². The Hall–Kier alpha value is 0.470. The molecule has 2 aliphatic rings. The minimum absolute atomic E-state index is 0.243. The monoisotopic (exact) mass is 433 g/mol. The van der Waals surface area contributed by atoms with E-state index < -0.39 is 0 Å². The van der Waals surface area contributed by atoms with E-state index in [1.165, 1.54) is 5.57 Å². The number of alkyl halides is 1. The van der Waals surface area contributed by atoms with Gasteiger partial charge >= 0.3 is 0 Å². The van der Waals surface area contributed by atoms with Crippen LogP contribution in [0.15, 0.2) is 11.3 Å². The minimum atomic E-state index is 0.243. The Morgan fingerprint density at radius 2 is 2.20 bits per heavy atom. The number of allylic oxidation sites excluding steroid dienone is 1. The maximum atomic E-state index is 11.5. The van der Waals surface area contributed by atoms with Gasteiger partial charge in [0, 0.05) is 18.4 Å². The van der Waals surface area contributed by atoms with Crippen molar-refractivity contribution in [3.05, 3.63) is 11.3 Å². The van der Waals surface area contributed by atoms with Crippen LogP contribution < -0.4 is 0 Å². The van der Waals surface area contributed by atoms with Crippen molar-refractivity contribution < 1.29 is 9.90 Å². The third-order valence-electron chi connectivity index (χ3n) is 3.32. The van der Waals surface area contributed by atoms with E-state index in [0.717, 1.165) is 19.3 Å². The smallest absolute Gasteiger partial charge is 0.231 e. The highest BCUT2D eigenvalue weighted by molar-refractivity contribution is 14.1. The molecular weight excluding hydrogens is 420 g/mol. The van der Waals surface area contributed by atoms with Crippen LogP contribution in [-0.4, -0.2) is 24.6 Å². The van der Waals surface area contributed by atoms with E-state index in [-0.39, 0.29) is 5.91 Å². The van der Waals surface area contributed by atoms with Gasteiger partial charge in [-0.1, -0.05) is 22.6 Å². The summed E-state index contributed by atoms with van der Waals surface area (Å²) in [5.74, 6) is 1.20. The summed E-state index contributed by atoms with van der Waals surface area (Å²) in [6, 6.07) is 0.326. The Balaban J connectivity index is 2.22. The van der Waals surface area contributed by atoms with Crippen LogP contribution in [0.25, 0.3) is 0 Å². The number of carbonyl (C=O) groups excluding carboxylic acids is 1. The van der Waals surface area contributed by atoms with E-state index in [1.807, 2.05) is 3.11 Å². The quantitative estimate of drug-likeness (QED) is 0.299. The molecule has 3 nitrogen and oxygen atoms in total. The molecule has 0 bridgehead atoms. The lowest BCUT2D eigenvalue weighted by molar-refractivity contribution is -0.129. The van der Waals surface area contributed by atoms with E-state index in [1.54, 1.807) is 0 Å². The van der Waals surface area contributed by atoms with Gasteiger partial charge in [0.25, 0.3) is 0 Å². The van der Waals surface area contributed by atoms with Gasteiger partial charge in [-0.25, -0.2) is 0 Å². The number of aliphatic hydroxyl groups excluding tert-OH is 1. The van der Waals surface area contributed by atoms with Crippen molar-refractivity contribution in [2.24, 2.45) is 5.92 Å². The summed E-state index contributed by atoms with van der Waals surface area (Å²) >= 11 is 4.31. The molecule has 1 heterocycles. The molecule has 2 atom stereocenters. The van der Waals surface area contributed by atoms with E-state index in [4.69, 9.17) is 0 Å². The molecule has 0 radical (unpaired) electrons. The number of fused-ring (bicyclic) bond motifs is 1. The first-order valence-corrected chi connectivity index (χ1v) is 7.59. The molecular formula is C10H13I2NO2. The minimum Gasteiger partial charge on any atom is -0.512 e. The van der Waals surface area contributed by atoms with E-state index >= 15 is 0 Å². The molecule has 1 amide bonds. The lowest BCUT2D eigenvalue weighted by atomic mass is 9.90. The molecule has 15 heavy (non-hydrogen) atoms. The number of amides is 1. The van der Waals surface area contributed by atoms with Crippen molar-refractivity contribution in [1.29, 1.82) is 0 Å². The summed E-state index contributed by atoms with van der Waals surface area (Å²) in [5, 5.41) is 9.82. The molecule has 0 spiro atoms. The molecule has 84 valence electrons. The molecule has 2 fully saturated rings. The third-order valence-corrected chi connectivity index (χ3v) is 5.29. The van der Waals surface area contributed by atoms with Gasteiger partial charge in [0.1, 0.15) is 5.76 Å². The maximum Gasteiger partial charge on any atom is 0.231 e. The van der Waals surface area contributed by atoms with Crippen LogP contribution >= 0.6 is 45.5 Å². The van der Waals surface area contributed by atoms with Gasteiger partial charge in [-0.2, -0.15) is 0 Å². The second-order valence-corrected chi connectivity index (χ2v) is 5.86. The van der Waals surface area contributed by atoms with Crippen LogP contribution in [0.3, 0.4) is 0 Å². The standard InChI is InChI=1S/C10H13I2NO2/c11-5-9(14)7-1-3-8-6(7)2-4-10(15)13(8)12/h6,8,14H,1-5H2. The molecule has 2 rings (SSSR count). The predicted molar refractivity (Wildman–Crippen MR) is 75.2 cm³/mol. The number of hydrogen-bond donors (Lipinski definition) is 1. The fraction of sp³-hybridized carbons (Fsp3) is 0.700. The van der Waals surface area contributed by atoms with Crippen molar-refractivity contribution >= 4 is 51.4 Å². The van der Waals surface area contributed by atoms with Gasteiger partial charge in [-0.05, 0) is 24.8 Å². The molecule has 1 aliphatic carbocycles. The van der Waals surface area contributed by atoms with Crippen LogP contribution in [-0.2, 0) is 4.79 Å². The fourth-order valence-electron chi connectivity index (χ4n) is 2.57. The van der Waals surface area contributed by atoms with Crippen molar-refractivity contribution in [3.63, 3.8) is 0 Å². The number of rotatable bonds is 1. The second-order valence-electron chi connectivity index (χ2n) is 4.06. The summed E-state index contributed by atoms with van der Waals surface area (Å²) in [5.41, 5.74) is 1.20. The van der Waals surface area contributed by atoms with E-state index in [9.17, 15) is 9.90 Å². The van der Waals surface area contributed by atoms with Crippen molar-refractivity contribution in [1.82, 2.24) is 3.11 Å². The largest absolute Gasteiger partial charge is 0.512 e. The average Bonchev–Trinajstić information content (AvgIpc) is 2.66. The van der Waals surface area contributed by atoms with Crippen LogP contribution in [0.2, 0.25) is 0 Å². The Labute approximate surface area is 117 Å². The average molecular weight is 433 g/mol. The van der Waals surface area contributed by atoms with Gasteiger partial charge in [0.2, 0.25) is 5.91 Å². The molecule has 2 unspecified atom stereocenters. The molecule has 1 saturated carbocycles. The van der Waals surface area contributed by atoms with Crippen LogP contribution in [0.4, 0.5) is 0 Å². The third kappa shape index (κ3) is 2.13. The Morgan fingerprint density at radius 3 is 2.87 bits per heavy atom. The molecule has 1 N–H and O–H groups in total. The zero-order chi connectivity index (χ0) is 11.0. The molecule has 0 aromatic carbocycles. The molecule has 1 aliphatic heterocycles. The SMILES string of the molecule is O=C1CCC2C(=C(O)CI)CCC2N1I. The zero-order valence-corrected chi connectivity index (χ0v) is 12.6. The first-order valence-electron chi connectivity index (χ1n) is 5.09. The fourth-order valence-corrected chi connectivity index (χ4v) is 3.97. The highest BCUT2D eigenvalue weighted by Gasteiger charge is 2.41. The second kappa shape index (κ2) is 4.77. The van der Waals surface area contributed by atoms with Gasteiger partial charge in [-0.15, -0.1) is 0 Å². The van der Waals surface area contributed by atoms with Gasteiger partial charge in [0.05, 0.1) is 27.3 Å². The number of piperidine rings is 1. The van der Waals surface area contributed by atoms with Crippen molar-refractivity contribution in [3.8, 4) is 0 Å². The van der Waals surface area contributed by atoms with E-state index in [2.05, 4.69) is 45.5 Å². The van der Waals surface area contributed by atoms with Gasteiger partial charge < -0.3 is 5.11 Å². The maximum absolute atomic E-state index is 11.5. The van der Waals surface area contributed by atoms with Crippen molar-refractivity contribution in [2.45, 2.75) is 31.7 Å². The lowest BCUT2D eigenvalue weighted by Crippen LogP contribution is -2.40. The zero-order valence-electron chi connectivity index (χ0n) is 8.25. The molecule has 5 heteroatoms. The number of hydrogen-bond acceptors (Lipinski definition) is 2. The first kappa shape index (κ1) is 11.9. The van der Waals surface area contributed by atoms with Crippen molar-refractivity contribution in [2.75, 3.05) is 4.43 Å². The summed E-state index contributed by atoms with van der Waals surface area (Å²) < 4.78 is 2.53. The Kier molecular flexibility index (Phi) is 3.79. The topological polar surface area (TPSA) is 40.5 Å². The van der Waals surface area contributed by atoms with Gasteiger partial charge in [-0.3, -0.25) is 7.91 Å². The number of aliphatic hydroxyl groups is 1. The number of carbonyl (C=O) groups is 1. The van der Waals surface area contributed by atoms with Gasteiger partial charge in [0.15, 0.2) is 0 Å². The summed E-state index contributed by atoms with van der Waals surface area (Å²) in [4.78, 5) is 11.5. The Bertz CT molecular complexity index is 317. The summed E-state index contributed by atoms with van der Waals surface area (Å²) in [7, 11) is 0. The highest BCUT2D eigenvalue weighted by atomic mass is 127. The normalized spacial score (nSPS) is 34.3. The predicted octanol–water partition coefficient (Wildman–Crippen LogP) is 2.98. The first-order chi connectivity index (χ1) is 7.15. The Morgan fingerprint density at radius 1 is 1.47 bits per heavy atom. The van der Waals surface area contributed by atoms with Crippen LogP contribution in [0, 0.1) is 5.92 Å². The van der Waals surface area contributed by atoms with Crippen LogP contribution in [0.5, 0.6) is 0 Å². The molecule has 1 saturated heterocycles. The van der Waals surface area contributed by atoms with Crippen LogP contribution in [0.1, 0.15) is 25.7 Å². The molecule has 0 aromatic rings.